The molecule has 27 heavy (non-hydrogen) atoms. The maximum atomic E-state index is 12.9. The molecule has 0 heterocycles. The van der Waals surface area contributed by atoms with Crippen LogP contribution in [0.4, 0.5) is 10.1 Å². The van der Waals surface area contributed by atoms with E-state index in [1.807, 2.05) is 6.07 Å². The summed E-state index contributed by atoms with van der Waals surface area (Å²) in [4.78, 5) is 23.0. The predicted octanol–water partition coefficient (Wildman–Crippen LogP) is 2.24. The second-order valence-corrected chi connectivity index (χ2v) is 5.30. The zero-order valence-corrected chi connectivity index (χ0v) is 14.4. The average Bonchev–Trinajstić information content (AvgIpc) is 2.66. The Bertz CT molecular complexity index is 918. The first-order valence-electron chi connectivity index (χ1n) is 7.70. The van der Waals surface area contributed by atoms with Gasteiger partial charge in [0.2, 0.25) is 0 Å². The van der Waals surface area contributed by atoms with Gasteiger partial charge in [-0.3, -0.25) is 9.59 Å². The van der Waals surface area contributed by atoms with Crippen molar-refractivity contribution in [2.45, 2.75) is 0 Å². The van der Waals surface area contributed by atoms with E-state index in [0.717, 1.165) is 0 Å². The van der Waals surface area contributed by atoms with Crippen LogP contribution in [0.15, 0.2) is 48.0 Å². The molecule has 0 spiro atoms. The van der Waals surface area contributed by atoms with Crippen molar-refractivity contribution >= 4 is 23.6 Å². The summed E-state index contributed by atoms with van der Waals surface area (Å²) in [6.07, 6.45) is 1.36. The van der Waals surface area contributed by atoms with Crippen LogP contribution in [-0.4, -0.2) is 25.5 Å². The zero-order valence-electron chi connectivity index (χ0n) is 14.4. The molecule has 0 unspecified atom stereocenters. The number of nitrogens with one attached hydrogen (secondary N) is 1. The summed E-state index contributed by atoms with van der Waals surface area (Å²) in [7, 11) is 1.41. The van der Waals surface area contributed by atoms with Gasteiger partial charge in [-0.25, -0.2) is 4.39 Å². The maximum Gasteiger partial charge on any atom is 0.266 e. The first-order chi connectivity index (χ1) is 12.9. The SMILES string of the molecule is COc1cc(/C=C(\C#N)C(=O)Nc2ccc(F)cc2)ccc1OCC(N)=O. The number of carbonyl (C=O) groups is 2. The molecule has 0 saturated heterocycles. The number of amides is 2. The van der Waals surface area contributed by atoms with E-state index in [-0.39, 0.29) is 12.2 Å². The second kappa shape index (κ2) is 9.01. The molecule has 3 N–H and O–H groups in total. The fourth-order valence-corrected chi connectivity index (χ4v) is 2.09. The van der Waals surface area contributed by atoms with E-state index in [4.69, 9.17) is 15.2 Å². The maximum absolute atomic E-state index is 12.9. The van der Waals surface area contributed by atoms with E-state index in [0.29, 0.717) is 22.7 Å². The quantitative estimate of drug-likeness (QED) is 0.574. The normalized spacial score (nSPS) is 10.6. The number of nitriles is 1. The molecule has 0 atom stereocenters. The molecule has 2 rings (SSSR count). The third-order valence-corrected chi connectivity index (χ3v) is 3.34. The van der Waals surface area contributed by atoms with Crippen LogP contribution in [0.1, 0.15) is 5.56 Å². The summed E-state index contributed by atoms with van der Waals surface area (Å²) in [5.74, 6) is -1.11. The number of nitrogens with two attached hydrogens (primary N) is 1. The van der Waals surface area contributed by atoms with Crippen LogP contribution in [-0.2, 0) is 9.59 Å². The van der Waals surface area contributed by atoms with Gasteiger partial charge in [-0.05, 0) is 48.0 Å². The third-order valence-electron chi connectivity index (χ3n) is 3.34. The molecular weight excluding hydrogens is 353 g/mol. The Balaban J connectivity index is 2.20. The summed E-state index contributed by atoms with van der Waals surface area (Å²) in [5.41, 5.74) is 5.74. The van der Waals surface area contributed by atoms with Crippen molar-refractivity contribution in [2.75, 3.05) is 19.0 Å². The van der Waals surface area contributed by atoms with Crippen LogP contribution in [0.2, 0.25) is 0 Å². The number of hydrogen-bond acceptors (Lipinski definition) is 5. The van der Waals surface area contributed by atoms with Crippen LogP contribution in [0.5, 0.6) is 11.5 Å². The number of methoxy groups -OCH3 is 1. The fraction of sp³-hybridized carbons (Fsp3) is 0.105. The van der Waals surface area contributed by atoms with Crippen LogP contribution >= 0.6 is 0 Å². The lowest BCUT2D eigenvalue weighted by molar-refractivity contribution is -0.120. The number of halogens is 1. The summed E-state index contributed by atoms with van der Waals surface area (Å²) in [6.45, 7) is -0.310. The van der Waals surface area contributed by atoms with Gasteiger partial charge in [-0.1, -0.05) is 6.07 Å². The minimum absolute atomic E-state index is 0.160. The first-order valence-corrected chi connectivity index (χ1v) is 7.70. The number of hydrogen-bond donors (Lipinski definition) is 2. The molecule has 0 aliphatic carbocycles. The topological polar surface area (TPSA) is 114 Å². The van der Waals surface area contributed by atoms with Crippen molar-refractivity contribution in [1.82, 2.24) is 0 Å². The molecule has 0 aliphatic rings. The zero-order chi connectivity index (χ0) is 19.8. The smallest absolute Gasteiger partial charge is 0.266 e. The van der Waals surface area contributed by atoms with Gasteiger partial charge in [0.05, 0.1) is 7.11 Å². The standard InChI is InChI=1S/C19H16FN3O4/c1-26-17-9-12(2-7-16(17)27-11-18(22)24)8-13(10-21)19(25)23-15-5-3-14(20)4-6-15/h2-9H,11H2,1H3,(H2,22,24)(H,23,25)/b13-8+. The molecule has 0 saturated carbocycles. The molecule has 0 radical (unpaired) electrons. The molecule has 138 valence electrons. The van der Waals surface area contributed by atoms with E-state index in [2.05, 4.69) is 5.32 Å². The van der Waals surface area contributed by atoms with Crippen molar-refractivity contribution in [3.63, 3.8) is 0 Å². The van der Waals surface area contributed by atoms with E-state index >= 15 is 0 Å². The molecule has 0 bridgehead atoms. The van der Waals surface area contributed by atoms with Crippen molar-refractivity contribution in [3.8, 4) is 17.6 Å². The fourth-order valence-electron chi connectivity index (χ4n) is 2.09. The molecule has 8 heteroatoms. The van der Waals surface area contributed by atoms with Crippen LogP contribution < -0.4 is 20.5 Å². The minimum atomic E-state index is -0.642. The summed E-state index contributed by atoms with van der Waals surface area (Å²) in [5, 5.41) is 11.8. The van der Waals surface area contributed by atoms with E-state index < -0.39 is 17.6 Å². The average molecular weight is 369 g/mol. The lowest BCUT2D eigenvalue weighted by atomic mass is 10.1. The highest BCUT2D eigenvalue weighted by atomic mass is 19.1. The minimum Gasteiger partial charge on any atom is -0.493 e. The number of nitrogens with zero attached hydrogens (tertiary/aromatic N) is 1. The van der Waals surface area contributed by atoms with E-state index in [9.17, 15) is 19.2 Å². The highest BCUT2D eigenvalue weighted by Gasteiger charge is 2.11. The van der Waals surface area contributed by atoms with E-state index in [1.165, 1.54) is 43.5 Å². The Hall–Kier alpha value is -3.86. The van der Waals surface area contributed by atoms with E-state index in [1.54, 1.807) is 12.1 Å². The first kappa shape index (κ1) is 19.5. The van der Waals surface area contributed by atoms with Gasteiger partial charge in [0, 0.05) is 5.69 Å². The van der Waals surface area contributed by atoms with Gasteiger partial charge < -0.3 is 20.5 Å². The lowest BCUT2D eigenvalue weighted by Crippen LogP contribution is -2.20. The largest absolute Gasteiger partial charge is 0.493 e. The molecule has 0 aliphatic heterocycles. The Kier molecular flexibility index (Phi) is 6.49. The molecular formula is C19H16FN3O4. The molecule has 0 aromatic heterocycles. The Morgan fingerprint density at radius 1 is 1.22 bits per heavy atom. The Morgan fingerprint density at radius 3 is 2.52 bits per heavy atom. The number of carbonyl (C=O) groups excluding carboxylic acids is 2. The third kappa shape index (κ3) is 5.57. The van der Waals surface area contributed by atoms with Gasteiger partial charge in [-0.15, -0.1) is 0 Å². The monoisotopic (exact) mass is 369 g/mol. The van der Waals surface area contributed by atoms with Gasteiger partial charge in [0.25, 0.3) is 11.8 Å². The number of ether oxygens (including phenoxy) is 2. The van der Waals surface area contributed by atoms with Gasteiger partial charge in [0.15, 0.2) is 18.1 Å². The van der Waals surface area contributed by atoms with Crippen molar-refractivity contribution < 1.29 is 23.5 Å². The number of rotatable bonds is 7. The highest BCUT2D eigenvalue weighted by molar-refractivity contribution is 6.09. The van der Waals surface area contributed by atoms with Gasteiger partial charge in [0.1, 0.15) is 17.5 Å². The number of primary amides is 1. The highest BCUT2D eigenvalue weighted by Crippen LogP contribution is 2.29. The molecule has 2 aromatic carbocycles. The summed E-state index contributed by atoms with van der Waals surface area (Å²) in [6, 6.07) is 11.6. The van der Waals surface area contributed by atoms with Crippen LogP contribution in [0.3, 0.4) is 0 Å². The van der Waals surface area contributed by atoms with Crippen LogP contribution in [0, 0.1) is 17.1 Å². The van der Waals surface area contributed by atoms with Gasteiger partial charge >= 0.3 is 0 Å². The van der Waals surface area contributed by atoms with Crippen molar-refractivity contribution in [2.24, 2.45) is 5.73 Å². The molecule has 7 nitrogen and oxygen atoms in total. The number of benzene rings is 2. The Morgan fingerprint density at radius 2 is 1.93 bits per heavy atom. The number of anilines is 1. The summed E-state index contributed by atoms with van der Waals surface area (Å²) >= 11 is 0. The lowest BCUT2D eigenvalue weighted by Gasteiger charge is -2.10. The summed E-state index contributed by atoms with van der Waals surface area (Å²) < 4.78 is 23.3. The molecule has 2 aromatic rings. The van der Waals surface area contributed by atoms with Crippen LogP contribution in [0.25, 0.3) is 6.08 Å². The molecule has 2 amide bonds. The van der Waals surface area contributed by atoms with Gasteiger partial charge in [-0.2, -0.15) is 5.26 Å². The second-order valence-electron chi connectivity index (χ2n) is 5.30. The van der Waals surface area contributed by atoms with Crippen molar-refractivity contribution in [3.05, 3.63) is 59.4 Å². The predicted molar refractivity (Wildman–Crippen MR) is 96.3 cm³/mol. The van der Waals surface area contributed by atoms with Crippen molar-refractivity contribution in [1.29, 1.82) is 5.26 Å². The Labute approximate surface area is 154 Å². The molecule has 0 fully saturated rings.